The first-order valence-corrected chi connectivity index (χ1v) is 7.87. The van der Waals surface area contributed by atoms with Crippen LogP contribution >= 0.6 is 11.6 Å². The highest BCUT2D eigenvalue weighted by molar-refractivity contribution is 6.33. The van der Waals surface area contributed by atoms with E-state index < -0.39 is 0 Å². The first-order valence-electron chi connectivity index (χ1n) is 7.49. The maximum atomic E-state index is 6.40. The van der Waals surface area contributed by atoms with Crippen LogP contribution in [0.1, 0.15) is 44.7 Å². The van der Waals surface area contributed by atoms with E-state index in [1.807, 2.05) is 31.3 Å². The van der Waals surface area contributed by atoms with E-state index in [9.17, 15) is 0 Å². The molecule has 1 heterocycles. The van der Waals surface area contributed by atoms with Crippen molar-refractivity contribution >= 4 is 17.4 Å². The first-order chi connectivity index (χ1) is 9.92. The van der Waals surface area contributed by atoms with E-state index in [-0.39, 0.29) is 5.41 Å². The van der Waals surface area contributed by atoms with E-state index in [1.54, 1.807) is 4.68 Å². The van der Waals surface area contributed by atoms with Crippen molar-refractivity contribution < 1.29 is 0 Å². The molecule has 1 atom stereocenters. The van der Waals surface area contributed by atoms with Gasteiger partial charge in [-0.15, -0.1) is 0 Å². The number of nitrogens with zero attached hydrogens (tertiary/aromatic N) is 2. The fourth-order valence-corrected chi connectivity index (χ4v) is 3.81. The lowest BCUT2D eigenvalue weighted by Gasteiger charge is -2.26. The minimum Gasteiger partial charge on any atom is -0.383 e. The van der Waals surface area contributed by atoms with E-state index in [0.717, 1.165) is 21.8 Å². The van der Waals surface area contributed by atoms with Gasteiger partial charge in [0.05, 0.1) is 5.69 Å². The number of rotatable bonds is 2. The molecule has 1 aromatic heterocycles. The summed E-state index contributed by atoms with van der Waals surface area (Å²) in [5, 5.41) is 5.47. The lowest BCUT2D eigenvalue weighted by atomic mass is 9.78. The minimum absolute atomic E-state index is 0.261. The second kappa shape index (κ2) is 5.06. The lowest BCUT2D eigenvalue weighted by molar-refractivity contribution is 0.326. The molecule has 112 valence electrons. The highest BCUT2D eigenvalue weighted by Crippen LogP contribution is 2.51. The fraction of sp³-hybridized carbons (Fsp3) is 0.471. The second-order valence-electron chi connectivity index (χ2n) is 6.68. The maximum Gasteiger partial charge on any atom is 0.129 e. The third kappa shape index (κ3) is 2.34. The largest absolute Gasteiger partial charge is 0.383 e. The van der Waals surface area contributed by atoms with E-state index in [0.29, 0.717) is 11.7 Å². The van der Waals surface area contributed by atoms with E-state index in [1.165, 1.54) is 19.3 Å². The molecule has 0 bridgehead atoms. The summed E-state index contributed by atoms with van der Waals surface area (Å²) in [6.07, 6.45) is 3.65. The van der Waals surface area contributed by atoms with Crippen LogP contribution in [0.4, 0.5) is 5.82 Å². The summed E-state index contributed by atoms with van der Waals surface area (Å²) in [6.45, 7) is 4.65. The SMILES string of the molecule is Cn1nc(C2CCCC2(C)C)c(-c2ccccc2Cl)c1N. The molecule has 0 aliphatic heterocycles. The van der Waals surface area contributed by atoms with Gasteiger partial charge in [-0.1, -0.05) is 50.1 Å². The molecule has 1 fully saturated rings. The number of benzene rings is 1. The minimum atomic E-state index is 0.261. The predicted octanol–water partition coefficient (Wildman–Crippen LogP) is 4.62. The zero-order valence-electron chi connectivity index (χ0n) is 12.9. The van der Waals surface area contributed by atoms with Crippen molar-refractivity contribution in [1.82, 2.24) is 9.78 Å². The summed E-state index contributed by atoms with van der Waals surface area (Å²) in [5.74, 6) is 1.13. The van der Waals surface area contributed by atoms with Crippen LogP contribution in [-0.4, -0.2) is 9.78 Å². The van der Waals surface area contributed by atoms with Gasteiger partial charge in [-0.25, -0.2) is 0 Å². The molecule has 0 saturated heterocycles. The molecule has 1 saturated carbocycles. The molecule has 0 amide bonds. The number of anilines is 1. The molecule has 1 aromatic carbocycles. The lowest BCUT2D eigenvalue weighted by Crippen LogP contribution is -2.16. The van der Waals surface area contributed by atoms with Crippen molar-refractivity contribution in [2.45, 2.75) is 39.0 Å². The van der Waals surface area contributed by atoms with Crippen molar-refractivity contribution in [3.8, 4) is 11.1 Å². The number of aromatic nitrogens is 2. The fourth-order valence-electron chi connectivity index (χ4n) is 3.58. The summed E-state index contributed by atoms with van der Waals surface area (Å²) in [5.41, 5.74) is 9.67. The van der Waals surface area contributed by atoms with Crippen molar-refractivity contribution in [2.75, 3.05) is 5.73 Å². The topological polar surface area (TPSA) is 43.8 Å². The number of halogens is 1. The number of hydrogen-bond acceptors (Lipinski definition) is 2. The number of nitrogens with two attached hydrogens (primary N) is 1. The van der Waals surface area contributed by atoms with Crippen LogP contribution in [0, 0.1) is 5.41 Å². The van der Waals surface area contributed by atoms with E-state index in [2.05, 4.69) is 13.8 Å². The molecule has 21 heavy (non-hydrogen) atoms. The summed E-state index contributed by atoms with van der Waals surface area (Å²) in [4.78, 5) is 0. The molecule has 2 N–H and O–H groups in total. The van der Waals surface area contributed by atoms with Crippen molar-refractivity contribution in [3.63, 3.8) is 0 Å². The van der Waals surface area contributed by atoms with Gasteiger partial charge in [0.15, 0.2) is 0 Å². The van der Waals surface area contributed by atoms with Gasteiger partial charge < -0.3 is 5.73 Å². The number of hydrogen-bond donors (Lipinski definition) is 1. The van der Waals surface area contributed by atoms with Crippen LogP contribution in [0.15, 0.2) is 24.3 Å². The summed E-state index contributed by atoms with van der Waals surface area (Å²) < 4.78 is 1.78. The smallest absolute Gasteiger partial charge is 0.129 e. The Hall–Kier alpha value is -1.48. The summed E-state index contributed by atoms with van der Waals surface area (Å²) >= 11 is 6.40. The van der Waals surface area contributed by atoms with Gasteiger partial charge in [0, 0.05) is 29.1 Å². The van der Waals surface area contributed by atoms with Gasteiger partial charge in [0.2, 0.25) is 0 Å². The Morgan fingerprint density at radius 2 is 2.05 bits per heavy atom. The maximum absolute atomic E-state index is 6.40. The monoisotopic (exact) mass is 303 g/mol. The Balaban J connectivity index is 2.20. The Kier molecular flexibility index (Phi) is 3.48. The van der Waals surface area contributed by atoms with Gasteiger partial charge in [-0.05, 0) is 24.3 Å². The Morgan fingerprint density at radius 3 is 2.67 bits per heavy atom. The van der Waals surface area contributed by atoms with Crippen molar-refractivity contribution in [2.24, 2.45) is 12.5 Å². The molecule has 0 spiro atoms. The quantitative estimate of drug-likeness (QED) is 0.880. The highest BCUT2D eigenvalue weighted by atomic mass is 35.5. The summed E-state index contributed by atoms with van der Waals surface area (Å²) in [6, 6.07) is 7.88. The van der Waals surface area contributed by atoms with Crippen LogP contribution in [0.3, 0.4) is 0 Å². The third-order valence-corrected chi connectivity index (χ3v) is 5.18. The molecule has 1 aliphatic carbocycles. The first kappa shape index (κ1) is 14.5. The van der Waals surface area contributed by atoms with E-state index >= 15 is 0 Å². The molecular weight excluding hydrogens is 282 g/mol. The van der Waals surface area contributed by atoms with Crippen LogP contribution < -0.4 is 5.73 Å². The molecule has 3 rings (SSSR count). The van der Waals surface area contributed by atoms with Gasteiger partial charge in [0.25, 0.3) is 0 Å². The average molecular weight is 304 g/mol. The third-order valence-electron chi connectivity index (χ3n) is 4.85. The van der Waals surface area contributed by atoms with Crippen LogP contribution in [0.5, 0.6) is 0 Å². The second-order valence-corrected chi connectivity index (χ2v) is 7.09. The Bertz CT molecular complexity index is 673. The molecule has 1 aliphatic rings. The normalized spacial score (nSPS) is 20.9. The Labute approximate surface area is 131 Å². The standard InChI is InChI=1S/C17H22ClN3/c1-17(2)10-6-8-12(17)15-14(16(19)21(3)20-15)11-7-4-5-9-13(11)18/h4-5,7,9,12H,6,8,10,19H2,1-3H3. The molecule has 1 unspecified atom stereocenters. The molecule has 0 radical (unpaired) electrons. The Morgan fingerprint density at radius 1 is 1.33 bits per heavy atom. The van der Waals surface area contributed by atoms with Crippen LogP contribution in [0.2, 0.25) is 5.02 Å². The zero-order valence-corrected chi connectivity index (χ0v) is 13.6. The van der Waals surface area contributed by atoms with Crippen molar-refractivity contribution in [3.05, 3.63) is 35.0 Å². The highest BCUT2D eigenvalue weighted by Gasteiger charge is 2.39. The molecule has 2 aromatic rings. The predicted molar refractivity (Wildman–Crippen MR) is 88.4 cm³/mol. The number of aryl methyl sites for hydroxylation is 1. The zero-order chi connectivity index (χ0) is 15.2. The molecular formula is C17H22ClN3. The van der Waals surface area contributed by atoms with Crippen molar-refractivity contribution in [1.29, 1.82) is 0 Å². The summed E-state index contributed by atoms with van der Waals surface area (Å²) in [7, 11) is 1.90. The van der Waals surface area contributed by atoms with Crippen LogP contribution in [-0.2, 0) is 7.05 Å². The van der Waals surface area contributed by atoms with Gasteiger partial charge >= 0.3 is 0 Å². The van der Waals surface area contributed by atoms with Crippen LogP contribution in [0.25, 0.3) is 11.1 Å². The average Bonchev–Trinajstić information content (AvgIpc) is 2.91. The van der Waals surface area contributed by atoms with E-state index in [4.69, 9.17) is 22.4 Å². The van der Waals surface area contributed by atoms with Gasteiger partial charge in [-0.2, -0.15) is 5.10 Å². The molecule has 3 nitrogen and oxygen atoms in total. The molecule has 4 heteroatoms. The number of nitrogen functional groups attached to an aromatic ring is 1. The van der Waals surface area contributed by atoms with Gasteiger partial charge in [-0.3, -0.25) is 4.68 Å². The van der Waals surface area contributed by atoms with Gasteiger partial charge in [0.1, 0.15) is 5.82 Å².